The molecule has 53 heavy (non-hydrogen) atoms. The fraction of sp³-hybridized carbons (Fsp3) is 0.120. The fourth-order valence-corrected chi connectivity index (χ4v) is 7.78. The van der Waals surface area contributed by atoms with Crippen LogP contribution in [-0.4, -0.2) is 0 Å². The molecular formula is C50H42N2O. The van der Waals surface area contributed by atoms with Gasteiger partial charge in [-0.3, -0.25) is 0 Å². The monoisotopic (exact) mass is 686 g/mol. The molecule has 9 rings (SSSR count). The maximum absolute atomic E-state index is 7.02. The smallest absolute Gasteiger partial charge is 0.143 e. The molecule has 0 unspecified atom stereocenters. The fourth-order valence-electron chi connectivity index (χ4n) is 7.78. The Morgan fingerprint density at radius 1 is 0.340 bits per heavy atom. The Hall–Kier alpha value is -6.32. The highest BCUT2D eigenvalue weighted by Crippen LogP contribution is 2.48. The molecule has 0 aliphatic heterocycles. The molecule has 0 aliphatic carbocycles. The summed E-state index contributed by atoms with van der Waals surface area (Å²) in [6.45, 7) is 8.97. The zero-order valence-corrected chi connectivity index (χ0v) is 30.6. The van der Waals surface area contributed by atoms with Crippen LogP contribution in [0.25, 0.3) is 43.5 Å². The Kier molecular flexibility index (Phi) is 8.20. The average Bonchev–Trinajstić information content (AvgIpc) is 3.58. The second-order valence-corrected chi connectivity index (χ2v) is 14.6. The van der Waals surface area contributed by atoms with Crippen molar-refractivity contribution in [2.45, 2.75) is 39.5 Å². The first kappa shape index (κ1) is 32.6. The van der Waals surface area contributed by atoms with E-state index in [0.717, 1.165) is 77.6 Å². The third kappa shape index (κ3) is 5.70. The molecule has 0 N–H and O–H groups in total. The zero-order chi connectivity index (χ0) is 36.1. The Morgan fingerprint density at radius 2 is 0.660 bits per heavy atom. The lowest BCUT2D eigenvalue weighted by molar-refractivity contribution is 0.676. The first-order chi connectivity index (χ1) is 26.0. The molecule has 1 aromatic heterocycles. The van der Waals surface area contributed by atoms with Crippen molar-refractivity contribution >= 4 is 77.6 Å². The van der Waals surface area contributed by atoms with E-state index in [0.29, 0.717) is 11.8 Å². The van der Waals surface area contributed by atoms with Crippen molar-refractivity contribution in [3.8, 4) is 0 Å². The third-order valence-corrected chi connectivity index (χ3v) is 10.6. The van der Waals surface area contributed by atoms with Gasteiger partial charge in [0.1, 0.15) is 11.2 Å². The molecule has 0 aliphatic rings. The van der Waals surface area contributed by atoms with Crippen LogP contribution in [0.4, 0.5) is 34.1 Å². The highest BCUT2D eigenvalue weighted by Gasteiger charge is 2.24. The summed E-state index contributed by atoms with van der Waals surface area (Å²) < 4.78 is 7.02. The molecule has 258 valence electrons. The number of benzene rings is 8. The minimum absolute atomic E-state index is 0.455. The minimum atomic E-state index is 0.455. The van der Waals surface area contributed by atoms with Crippen LogP contribution in [0.5, 0.6) is 0 Å². The molecule has 0 saturated carbocycles. The average molecular weight is 687 g/mol. The Balaban J connectivity index is 1.35. The van der Waals surface area contributed by atoms with Crippen LogP contribution in [0, 0.1) is 0 Å². The van der Waals surface area contributed by atoms with Gasteiger partial charge >= 0.3 is 0 Å². The Bertz CT molecular complexity index is 2520. The topological polar surface area (TPSA) is 19.6 Å². The van der Waals surface area contributed by atoms with Crippen molar-refractivity contribution in [1.29, 1.82) is 0 Å². The molecule has 3 nitrogen and oxygen atoms in total. The molecule has 9 aromatic rings. The van der Waals surface area contributed by atoms with Gasteiger partial charge in [0.2, 0.25) is 0 Å². The predicted octanol–water partition coefficient (Wildman–Crippen LogP) is 15.1. The normalized spacial score (nSPS) is 11.7. The summed E-state index contributed by atoms with van der Waals surface area (Å²) in [4.78, 5) is 4.78. The van der Waals surface area contributed by atoms with Crippen molar-refractivity contribution in [3.05, 3.63) is 181 Å². The lowest BCUT2D eigenvalue weighted by atomic mass is 9.98. The molecule has 0 bridgehead atoms. The van der Waals surface area contributed by atoms with E-state index in [9.17, 15) is 0 Å². The number of nitrogens with zero attached hydrogens (tertiary/aromatic N) is 2. The van der Waals surface area contributed by atoms with Crippen LogP contribution >= 0.6 is 0 Å². The largest absolute Gasteiger partial charge is 0.455 e. The molecule has 0 fully saturated rings. The molecule has 0 saturated heterocycles. The number of anilines is 6. The van der Waals surface area contributed by atoms with Gasteiger partial charge in [0.05, 0.1) is 11.4 Å². The van der Waals surface area contributed by atoms with Gasteiger partial charge < -0.3 is 14.2 Å². The highest BCUT2D eigenvalue weighted by atomic mass is 16.3. The van der Waals surface area contributed by atoms with Gasteiger partial charge in [-0.15, -0.1) is 0 Å². The van der Waals surface area contributed by atoms with Crippen LogP contribution in [0.3, 0.4) is 0 Å². The second kappa shape index (κ2) is 13.3. The molecular weight excluding hydrogens is 645 g/mol. The number of rotatable bonds is 8. The molecule has 0 atom stereocenters. The summed E-state index contributed by atoms with van der Waals surface area (Å²) in [6.07, 6.45) is 0. The van der Waals surface area contributed by atoms with Crippen LogP contribution in [0.1, 0.15) is 50.7 Å². The highest BCUT2D eigenvalue weighted by molar-refractivity contribution is 6.25. The lowest BCUT2D eigenvalue weighted by Gasteiger charge is -2.28. The van der Waals surface area contributed by atoms with Gasteiger partial charge in [-0.2, -0.15) is 0 Å². The quantitative estimate of drug-likeness (QED) is 0.159. The standard InChI is InChI=1S/C50H42N2O/c1-33(2)35-23-27-39(28-24-35)51(37-15-7-5-8-16-37)47-31-45-46-32-48(52(38-17-9-6-10-18-38)40-29-25-36(26-30-40)34(3)4)42-20-12-14-22-44(42)50(46)53-49(45)43-21-13-11-19-41(43)47/h5-34H,1-4H3. The maximum Gasteiger partial charge on any atom is 0.143 e. The first-order valence-corrected chi connectivity index (χ1v) is 18.7. The SMILES string of the molecule is CC(C)c1ccc(N(c2ccccc2)c2cc3c4cc(N(c5ccccc5)c5ccc(C(C)C)cc5)c5ccccc5c4oc3c3ccccc23)cc1. The van der Waals surface area contributed by atoms with Crippen LogP contribution < -0.4 is 9.80 Å². The molecule has 0 spiro atoms. The molecule has 8 aromatic carbocycles. The van der Waals surface area contributed by atoms with E-state index in [4.69, 9.17) is 4.42 Å². The van der Waals surface area contributed by atoms with Crippen LogP contribution in [0.2, 0.25) is 0 Å². The van der Waals surface area contributed by atoms with Crippen LogP contribution in [0.15, 0.2) is 174 Å². The number of hydrogen-bond donors (Lipinski definition) is 0. The van der Waals surface area contributed by atoms with Crippen molar-refractivity contribution < 1.29 is 4.42 Å². The van der Waals surface area contributed by atoms with Gasteiger partial charge in [0, 0.05) is 55.1 Å². The summed E-state index contributed by atoms with van der Waals surface area (Å²) in [5.41, 5.74) is 11.1. The molecule has 3 heteroatoms. The van der Waals surface area contributed by atoms with Gasteiger partial charge in [-0.1, -0.05) is 137 Å². The summed E-state index contributed by atoms with van der Waals surface area (Å²) in [5.74, 6) is 0.910. The summed E-state index contributed by atoms with van der Waals surface area (Å²) in [6, 6.07) is 61.4. The second-order valence-electron chi connectivity index (χ2n) is 14.6. The number of para-hydroxylation sites is 2. The summed E-state index contributed by atoms with van der Waals surface area (Å²) in [5, 5.41) is 6.62. The number of furan rings is 1. The van der Waals surface area contributed by atoms with Gasteiger partial charge in [-0.05, 0) is 83.6 Å². The van der Waals surface area contributed by atoms with E-state index in [1.165, 1.54) is 11.1 Å². The maximum atomic E-state index is 7.02. The lowest BCUT2D eigenvalue weighted by Crippen LogP contribution is -2.11. The van der Waals surface area contributed by atoms with E-state index in [1.54, 1.807) is 0 Å². The van der Waals surface area contributed by atoms with E-state index in [2.05, 4.69) is 207 Å². The van der Waals surface area contributed by atoms with E-state index >= 15 is 0 Å². The van der Waals surface area contributed by atoms with Crippen LogP contribution in [-0.2, 0) is 0 Å². The van der Waals surface area contributed by atoms with Crippen molar-refractivity contribution in [2.24, 2.45) is 0 Å². The van der Waals surface area contributed by atoms with Gasteiger partial charge in [0.15, 0.2) is 0 Å². The molecule has 1 heterocycles. The van der Waals surface area contributed by atoms with E-state index in [-0.39, 0.29) is 0 Å². The minimum Gasteiger partial charge on any atom is -0.455 e. The van der Waals surface area contributed by atoms with Crippen molar-refractivity contribution in [3.63, 3.8) is 0 Å². The van der Waals surface area contributed by atoms with E-state index in [1.807, 2.05) is 0 Å². The van der Waals surface area contributed by atoms with Gasteiger partial charge in [0.25, 0.3) is 0 Å². The molecule has 0 radical (unpaired) electrons. The Morgan fingerprint density at radius 3 is 1.02 bits per heavy atom. The summed E-state index contributed by atoms with van der Waals surface area (Å²) in [7, 11) is 0. The number of hydrogen-bond acceptors (Lipinski definition) is 3. The first-order valence-electron chi connectivity index (χ1n) is 18.7. The van der Waals surface area contributed by atoms with E-state index < -0.39 is 0 Å². The van der Waals surface area contributed by atoms with Crippen molar-refractivity contribution in [1.82, 2.24) is 0 Å². The van der Waals surface area contributed by atoms with Gasteiger partial charge in [-0.25, -0.2) is 0 Å². The third-order valence-electron chi connectivity index (χ3n) is 10.6. The van der Waals surface area contributed by atoms with Crippen molar-refractivity contribution in [2.75, 3.05) is 9.80 Å². The number of fused-ring (bicyclic) bond motifs is 7. The predicted molar refractivity (Wildman–Crippen MR) is 226 cm³/mol. The Labute approximate surface area is 311 Å². The summed E-state index contributed by atoms with van der Waals surface area (Å²) >= 11 is 0. The molecule has 0 amide bonds. The zero-order valence-electron chi connectivity index (χ0n) is 30.6.